The topological polar surface area (TPSA) is 127 Å². The summed E-state index contributed by atoms with van der Waals surface area (Å²) in [4.78, 5) is 34.7. The standard InChI is InChI=1S/C16H21NO8S2/c1-16(2,3)25-14(20)8-17(27(22)23)11-7-10(5-6-12(11)24-4)15(21)26-9-13(18)19/h5-7,27H,8-9H2,1-4H3,(H,18,19). The molecule has 0 saturated heterocycles. The molecule has 0 fully saturated rings. The lowest BCUT2D eigenvalue weighted by Crippen LogP contribution is -2.34. The van der Waals surface area contributed by atoms with Gasteiger partial charge in [-0.1, -0.05) is 11.8 Å². The Morgan fingerprint density at radius 3 is 2.33 bits per heavy atom. The van der Waals surface area contributed by atoms with Gasteiger partial charge in [-0.25, -0.2) is 8.42 Å². The van der Waals surface area contributed by atoms with Gasteiger partial charge in [-0.3, -0.25) is 18.7 Å². The number of thioether (sulfide) groups is 1. The number of thiol groups is 1. The monoisotopic (exact) mass is 419 g/mol. The van der Waals surface area contributed by atoms with Gasteiger partial charge in [0.2, 0.25) is 16.0 Å². The molecule has 0 aromatic heterocycles. The minimum Gasteiger partial charge on any atom is -0.495 e. The maximum absolute atomic E-state index is 12.1. The molecule has 0 aliphatic carbocycles. The fourth-order valence-corrected chi connectivity index (χ4v) is 3.07. The molecule has 0 aliphatic rings. The number of carboxylic acids is 1. The summed E-state index contributed by atoms with van der Waals surface area (Å²) in [5.74, 6) is -2.24. The van der Waals surface area contributed by atoms with Gasteiger partial charge in [0.25, 0.3) is 0 Å². The van der Waals surface area contributed by atoms with Crippen LogP contribution in [0.5, 0.6) is 5.75 Å². The van der Waals surface area contributed by atoms with Crippen molar-refractivity contribution in [2.45, 2.75) is 26.4 Å². The van der Waals surface area contributed by atoms with Crippen LogP contribution in [0.2, 0.25) is 0 Å². The van der Waals surface area contributed by atoms with Crippen LogP contribution in [-0.4, -0.2) is 55.6 Å². The van der Waals surface area contributed by atoms with Crippen molar-refractivity contribution in [1.82, 2.24) is 0 Å². The Morgan fingerprint density at radius 2 is 1.85 bits per heavy atom. The molecular weight excluding hydrogens is 398 g/mol. The molecule has 9 nitrogen and oxygen atoms in total. The van der Waals surface area contributed by atoms with Crippen LogP contribution in [0.1, 0.15) is 31.1 Å². The van der Waals surface area contributed by atoms with E-state index in [1.54, 1.807) is 20.8 Å². The summed E-state index contributed by atoms with van der Waals surface area (Å²) >= 11 is 0.561. The molecule has 1 N–H and O–H groups in total. The molecule has 1 aromatic rings. The third-order valence-corrected chi connectivity index (χ3v) is 4.56. The number of nitrogens with zero attached hydrogens (tertiary/aromatic N) is 1. The Kier molecular flexibility index (Phi) is 8.10. The molecule has 0 spiro atoms. The number of hydrogen-bond acceptors (Lipinski definition) is 8. The largest absolute Gasteiger partial charge is 0.495 e. The number of ether oxygens (including phenoxy) is 2. The van der Waals surface area contributed by atoms with E-state index in [0.29, 0.717) is 11.8 Å². The average molecular weight is 419 g/mol. The highest BCUT2D eigenvalue weighted by atomic mass is 32.2. The van der Waals surface area contributed by atoms with Gasteiger partial charge in [0.15, 0.2) is 0 Å². The van der Waals surface area contributed by atoms with Crippen molar-refractivity contribution < 1.29 is 37.4 Å². The van der Waals surface area contributed by atoms with E-state index in [9.17, 15) is 22.8 Å². The average Bonchev–Trinajstić information content (AvgIpc) is 2.55. The van der Waals surface area contributed by atoms with Crippen molar-refractivity contribution >= 4 is 45.4 Å². The number of benzene rings is 1. The Balaban J connectivity index is 3.20. The van der Waals surface area contributed by atoms with Gasteiger partial charge in [0.1, 0.15) is 17.9 Å². The molecule has 0 aliphatic heterocycles. The van der Waals surface area contributed by atoms with Crippen LogP contribution >= 0.6 is 11.8 Å². The third kappa shape index (κ3) is 7.47. The number of carbonyl (C=O) groups excluding carboxylic acids is 2. The molecule has 11 heteroatoms. The van der Waals surface area contributed by atoms with E-state index in [2.05, 4.69) is 0 Å². The SMILES string of the molecule is COc1ccc(C(=O)SCC(=O)O)cc1N(CC(=O)OC(C)(C)C)[SH](=O)=O. The first kappa shape index (κ1) is 22.8. The molecule has 0 bridgehead atoms. The van der Waals surface area contributed by atoms with Crippen LogP contribution < -0.4 is 9.04 Å². The zero-order valence-electron chi connectivity index (χ0n) is 15.3. The molecule has 1 aromatic carbocycles. The second-order valence-corrected chi connectivity index (χ2v) is 8.15. The lowest BCUT2D eigenvalue weighted by molar-refractivity contribution is -0.152. The fourth-order valence-electron chi connectivity index (χ4n) is 1.96. The van der Waals surface area contributed by atoms with E-state index in [1.165, 1.54) is 25.3 Å². The molecule has 0 atom stereocenters. The maximum Gasteiger partial charge on any atom is 0.327 e. The lowest BCUT2D eigenvalue weighted by Gasteiger charge is -2.24. The molecule has 27 heavy (non-hydrogen) atoms. The van der Waals surface area contributed by atoms with E-state index in [0.717, 1.165) is 4.31 Å². The number of esters is 1. The molecule has 0 unspecified atom stereocenters. The molecule has 0 radical (unpaired) electrons. The summed E-state index contributed by atoms with van der Waals surface area (Å²) in [6, 6.07) is 3.97. The summed E-state index contributed by atoms with van der Waals surface area (Å²) in [7, 11) is -1.94. The van der Waals surface area contributed by atoms with Crippen LogP contribution in [0, 0.1) is 0 Å². The van der Waals surface area contributed by atoms with E-state index in [-0.39, 0.29) is 17.0 Å². The maximum atomic E-state index is 12.1. The van der Waals surface area contributed by atoms with E-state index < -0.39 is 45.8 Å². The molecule has 1 rings (SSSR count). The predicted molar refractivity (Wildman–Crippen MR) is 101 cm³/mol. The predicted octanol–water partition coefficient (Wildman–Crippen LogP) is 1.33. The van der Waals surface area contributed by atoms with Gasteiger partial charge in [-0.15, -0.1) is 0 Å². The lowest BCUT2D eigenvalue weighted by atomic mass is 10.2. The first-order valence-corrected chi connectivity index (χ1v) is 9.77. The number of anilines is 1. The van der Waals surface area contributed by atoms with Crippen LogP contribution in [-0.2, 0) is 25.2 Å². The van der Waals surface area contributed by atoms with Gasteiger partial charge >= 0.3 is 11.9 Å². The van der Waals surface area contributed by atoms with E-state index >= 15 is 0 Å². The first-order valence-electron chi connectivity index (χ1n) is 7.65. The fraction of sp³-hybridized carbons (Fsp3) is 0.438. The molecule has 0 amide bonds. The summed E-state index contributed by atoms with van der Waals surface area (Å²) in [6.45, 7) is 4.33. The van der Waals surface area contributed by atoms with Crippen molar-refractivity contribution in [2.75, 3.05) is 23.7 Å². The number of carbonyl (C=O) groups is 3. The van der Waals surface area contributed by atoms with E-state index in [1.807, 2.05) is 0 Å². The Morgan fingerprint density at radius 1 is 1.22 bits per heavy atom. The molecule has 0 heterocycles. The third-order valence-electron chi connectivity index (χ3n) is 2.92. The minimum atomic E-state index is -3.25. The van der Waals surface area contributed by atoms with Gasteiger partial charge in [-0.2, -0.15) is 0 Å². The molecule has 0 saturated carbocycles. The molecule has 150 valence electrons. The van der Waals surface area contributed by atoms with Crippen LogP contribution in [0.25, 0.3) is 0 Å². The quantitative estimate of drug-likeness (QED) is 0.474. The number of hydrogen-bond donors (Lipinski definition) is 2. The van der Waals surface area contributed by atoms with Crippen molar-refractivity contribution in [3.63, 3.8) is 0 Å². The van der Waals surface area contributed by atoms with Gasteiger partial charge in [0.05, 0.1) is 18.6 Å². The number of aliphatic carboxylic acids is 1. The summed E-state index contributed by atoms with van der Waals surface area (Å²) < 4.78 is 34.4. The second kappa shape index (κ2) is 9.60. The highest BCUT2D eigenvalue weighted by Crippen LogP contribution is 2.31. The highest BCUT2D eigenvalue weighted by Gasteiger charge is 2.24. The van der Waals surface area contributed by atoms with Gasteiger partial charge in [-0.05, 0) is 39.0 Å². The number of methoxy groups -OCH3 is 1. The van der Waals surface area contributed by atoms with Crippen LogP contribution in [0.3, 0.4) is 0 Å². The summed E-state index contributed by atoms with van der Waals surface area (Å²) in [5.41, 5.74) is -0.753. The van der Waals surface area contributed by atoms with Crippen LogP contribution in [0.4, 0.5) is 5.69 Å². The summed E-state index contributed by atoms with van der Waals surface area (Å²) in [5, 5.41) is 8.11. The van der Waals surface area contributed by atoms with Gasteiger partial charge < -0.3 is 14.6 Å². The normalized spacial score (nSPS) is 11.1. The Labute approximate surface area is 162 Å². The number of carboxylic acid groups (broad SMARTS) is 1. The van der Waals surface area contributed by atoms with Crippen molar-refractivity contribution in [2.24, 2.45) is 0 Å². The summed E-state index contributed by atoms with van der Waals surface area (Å²) in [6.07, 6.45) is 0. The smallest absolute Gasteiger partial charge is 0.327 e. The Hall–Kier alpha value is -2.27. The molecular formula is C16H21NO8S2. The zero-order chi connectivity index (χ0) is 20.8. The first-order chi connectivity index (χ1) is 12.4. The minimum absolute atomic E-state index is 0.0266. The van der Waals surface area contributed by atoms with Crippen molar-refractivity contribution in [3.05, 3.63) is 23.8 Å². The Bertz CT molecular complexity index is 790. The van der Waals surface area contributed by atoms with Gasteiger partial charge in [0, 0.05) is 5.56 Å². The van der Waals surface area contributed by atoms with Crippen molar-refractivity contribution in [3.8, 4) is 5.75 Å². The second-order valence-electron chi connectivity index (χ2n) is 6.24. The highest BCUT2D eigenvalue weighted by molar-refractivity contribution is 8.14. The van der Waals surface area contributed by atoms with Crippen LogP contribution in [0.15, 0.2) is 18.2 Å². The van der Waals surface area contributed by atoms with Crippen molar-refractivity contribution in [1.29, 1.82) is 0 Å². The number of rotatable bonds is 8. The zero-order valence-corrected chi connectivity index (χ0v) is 17.0. The van der Waals surface area contributed by atoms with E-state index in [4.69, 9.17) is 14.6 Å².